The molecule has 0 unspecified atom stereocenters. The smallest absolute Gasteiger partial charge is 0.261 e. The highest BCUT2D eigenvalue weighted by molar-refractivity contribution is 5.99. The van der Waals surface area contributed by atoms with Gasteiger partial charge in [0.15, 0.2) is 0 Å². The summed E-state index contributed by atoms with van der Waals surface area (Å²) in [5, 5.41) is 19.6. The fourth-order valence-electron chi connectivity index (χ4n) is 2.12. The molecular weight excluding hydrogens is 242 g/mol. The Kier molecular flexibility index (Phi) is 3.98. The van der Waals surface area contributed by atoms with Crippen LogP contribution in [0.2, 0.25) is 0 Å². The third-order valence-electron chi connectivity index (χ3n) is 3.43. The molecule has 0 radical (unpaired) electrons. The second kappa shape index (κ2) is 5.51. The zero-order valence-corrected chi connectivity index (χ0v) is 11.5. The van der Waals surface area contributed by atoms with Crippen molar-refractivity contribution in [2.45, 2.75) is 39.2 Å². The van der Waals surface area contributed by atoms with E-state index in [0.717, 1.165) is 19.3 Å². The number of carbonyl (C=O) groups is 1. The van der Waals surface area contributed by atoms with Crippen LogP contribution in [-0.4, -0.2) is 33.6 Å². The molecule has 1 aliphatic carbocycles. The van der Waals surface area contributed by atoms with Gasteiger partial charge in [0, 0.05) is 12.6 Å². The Hall–Kier alpha value is -1.71. The van der Waals surface area contributed by atoms with Gasteiger partial charge in [-0.2, -0.15) is 0 Å². The van der Waals surface area contributed by atoms with Crippen LogP contribution in [-0.2, 0) is 0 Å². The van der Waals surface area contributed by atoms with Crippen LogP contribution in [0.5, 0.6) is 11.5 Å². The molecule has 0 aliphatic heterocycles. The Morgan fingerprint density at radius 2 is 1.89 bits per heavy atom. The highest BCUT2D eigenvalue weighted by Crippen LogP contribution is 2.33. The number of carbonyl (C=O) groups excluding carboxylic acids is 1. The lowest BCUT2D eigenvalue weighted by Crippen LogP contribution is -2.34. The molecule has 4 heteroatoms. The van der Waals surface area contributed by atoms with E-state index in [1.807, 2.05) is 0 Å². The quantitative estimate of drug-likeness (QED) is 0.858. The van der Waals surface area contributed by atoms with Crippen LogP contribution in [0.1, 0.15) is 43.5 Å². The Morgan fingerprint density at radius 3 is 2.37 bits per heavy atom. The first-order valence-electron chi connectivity index (χ1n) is 6.82. The molecule has 1 fully saturated rings. The predicted octanol–water partition coefficient (Wildman–Crippen LogP) is 2.75. The molecule has 1 aromatic rings. The fourth-order valence-corrected chi connectivity index (χ4v) is 2.12. The van der Waals surface area contributed by atoms with Crippen molar-refractivity contribution in [3.8, 4) is 11.5 Å². The lowest BCUT2D eigenvalue weighted by molar-refractivity contribution is 0.0729. The summed E-state index contributed by atoms with van der Waals surface area (Å²) in [7, 11) is 0. The normalized spacial score (nSPS) is 14.7. The van der Waals surface area contributed by atoms with Gasteiger partial charge in [0.1, 0.15) is 17.1 Å². The van der Waals surface area contributed by atoms with Crippen molar-refractivity contribution in [1.29, 1.82) is 0 Å². The molecule has 1 amide bonds. The summed E-state index contributed by atoms with van der Waals surface area (Å²) < 4.78 is 0. The van der Waals surface area contributed by atoms with E-state index >= 15 is 0 Å². The van der Waals surface area contributed by atoms with Crippen LogP contribution in [0.15, 0.2) is 18.2 Å². The van der Waals surface area contributed by atoms with E-state index in [0.29, 0.717) is 12.5 Å². The molecule has 0 spiro atoms. The van der Waals surface area contributed by atoms with Crippen molar-refractivity contribution < 1.29 is 15.0 Å². The summed E-state index contributed by atoms with van der Waals surface area (Å²) in [4.78, 5) is 14.3. The monoisotopic (exact) mass is 263 g/mol. The molecule has 104 valence electrons. The largest absolute Gasteiger partial charge is 0.507 e. The maximum atomic E-state index is 12.5. The van der Waals surface area contributed by atoms with E-state index in [-0.39, 0.29) is 29.0 Å². The number of benzene rings is 1. The highest BCUT2D eigenvalue weighted by atomic mass is 16.3. The lowest BCUT2D eigenvalue weighted by Gasteiger charge is -2.24. The number of phenolic OH excluding ortho intramolecular Hbond substituents is 2. The molecule has 0 heterocycles. The van der Waals surface area contributed by atoms with Crippen molar-refractivity contribution in [3.05, 3.63) is 23.8 Å². The van der Waals surface area contributed by atoms with Gasteiger partial charge < -0.3 is 15.1 Å². The molecular formula is C15H21NO3. The van der Waals surface area contributed by atoms with Gasteiger partial charge in [0.2, 0.25) is 0 Å². The molecule has 1 saturated carbocycles. The van der Waals surface area contributed by atoms with Gasteiger partial charge >= 0.3 is 0 Å². The van der Waals surface area contributed by atoms with Crippen LogP contribution in [0.4, 0.5) is 0 Å². The number of phenols is 2. The van der Waals surface area contributed by atoms with Crippen molar-refractivity contribution in [1.82, 2.24) is 4.90 Å². The summed E-state index contributed by atoms with van der Waals surface area (Å²) in [5.41, 5.74) is 0.0261. The minimum atomic E-state index is -0.265. The third kappa shape index (κ3) is 3.19. The van der Waals surface area contributed by atoms with E-state index in [2.05, 4.69) is 13.8 Å². The number of aromatic hydroxyl groups is 2. The first-order valence-corrected chi connectivity index (χ1v) is 6.82. The number of amides is 1. The van der Waals surface area contributed by atoms with Crippen LogP contribution in [0.3, 0.4) is 0 Å². The molecule has 2 N–H and O–H groups in total. The summed E-state index contributed by atoms with van der Waals surface area (Å²) >= 11 is 0. The van der Waals surface area contributed by atoms with Crippen LogP contribution in [0.25, 0.3) is 0 Å². The molecule has 4 nitrogen and oxygen atoms in total. The van der Waals surface area contributed by atoms with E-state index in [1.54, 1.807) is 4.90 Å². The van der Waals surface area contributed by atoms with E-state index in [9.17, 15) is 15.0 Å². The summed E-state index contributed by atoms with van der Waals surface area (Å²) in [5.74, 6) is -0.0499. The molecule has 0 bridgehead atoms. The first-order chi connectivity index (χ1) is 9.00. The van der Waals surface area contributed by atoms with Gasteiger partial charge in [-0.15, -0.1) is 0 Å². The minimum Gasteiger partial charge on any atom is -0.507 e. The zero-order valence-electron chi connectivity index (χ0n) is 11.5. The Labute approximate surface area is 113 Å². The number of hydrogen-bond donors (Lipinski definition) is 2. The topological polar surface area (TPSA) is 60.8 Å². The molecule has 0 atom stereocenters. The third-order valence-corrected chi connectivity index (χ3v) is 3.43. The van der Waals surface area contributed by atoms with Gasteiger partial charge in [-0.3, -0.25) is 4.79 Å². The molecule has 19 heavy (non-hydrogen) atoms. The first kappa shape index (κ1) is 13.7. The van der Waals surface area contributed by atoms with E-state index < -0.39 is 0 Å². The van der Waals surface area contributed by atoms with Crippen LogP contribution in [0, 0.1) is 5.92 Å². The second-order valence-corrected chi connectivity index (χ2v) is 5.58. The van der Waals surface area contributed by atoms with Crippen LogP contribution >= 0.6 is 0 Å². The van der Waals surface area contributed by atoms with Gasteiger partial charge in [-0.05, 0) is 37.3 Å². The van der Waals surface area contributed by atoms with Gasteiger partial charge in [0.25, 0.3) is 5.91 Å². The number of hydrogen-bond acceptors (Lipinski definition) is 3. The van der Waals surface area contributed by atoms with Crippen molar-refractivity contribution >= 4 is 5.91 Å². The molecule has 1 aromatic carbocycles. The van der Waals surface area contributed by atoms with Crippen molar-refractivity contribution in [3.63, 3.8) is 0 Å². The summed E-state index contributed by atoms with van der Waals surface area (Å²) in [6.07, 6.45) is 2.95. The van der Waals surface area contributed by atoms with E-state index in [1.165, 1.54) is 18.2 Å². The standard InChI is InChI=1S/C15H21NO3/c1-10(2)8-9-16(11-6-7-11)15(19)14-12(17)4-3-5-13(14)18/h3-5,10-11,17-18H,6-9H2,1-2H3. The predicted molar refractivity (Wildman–Crippen MR) is 73.3 cm³/mol. The highest BCUT2D eigenvalue weighted by Gasteiger charge is 2.34. The SMILES string of the molecule is CC(C)CCN(C(=O)c1c(O)cccc1O)C1CC1. The average molecular weight is 263 g/mol. The molecule has 0 saturated heterocycles. The zero-order chi connectivity index (χ0) is 14.0. The Bertz CT molecular complexity index is 446. The number of nitrogens with zero attached hydrogens (tertiary/aromatic N) is 1. The average Bonchev–Trinajstić information content (AvgIpc) is 3.13. The molecule has 1 aliphatic rings. The number of rotatable bonds is 5. The van der Waals surface area contributed by atoms with Crippen molar-refractivity contribution in [2.75, 3.05) is 6.54 Å². The Morgan fingerprint density at radius 1 is 1.32 bits per heavy atom. The maximum absolute atomic E-state index is 12.5. The maximum Gasteiger partial charge on any atom is 0.261 e. The second-order valence-electron chi connectivity index (χ2n) is 5.58. The van der Waals surface area contributed by atoms with Crippen molar-refractivity contribution in [2.24, 2.45) is 5.92 Å². The summed E-state index contributed by atoms with van der Waals surface area (Å²) in [6.45, 7) is 4.91. The molecule has 0 aromatic heterocycles. The lowest BCUT2D eigenvalue weighted by atomic mass is 10.1. The van der Waals surface area contributed by atoms with Crippen LogP contribution < -0.4 is 0 Å². The van der Waals surface area contributed by atoms with Gasteiger partial charge in [-0.25, -0.2) is 0 Å². The molecule has 2 rings (SSSR count). The minimum absolute atomic E-state index is 0.0261. The van der Waals surface area contributed by atoms with E-state index in [4.69, 9.17) is 0 Å². The summed E-state index contributed by atoms with van der Waals surface area (Å²) in [6, 6.07) is 4.66. The fraction of sp³-hybridized carbons (Fsp3) is 0.533. The van der Waals surface area contributed by atoms with Gasteiger partial charge in [-0.1, -0.05) is 19.9 Å². The Balaban J connectivity index is 2.19. The van der Waals surface area contributed by atoms with Gasteiger partial charge in [0.05, 0.1) is 0 Å².